The summed E-state index contributed by atoms with van der Waals surface area (Å²) in [5, 5.41) is 10.7. The van der Waals surface area contributed by atoms with Crippen LogP contribution >= 0.6 is 0 Å². The van der Waals surface area contributed by atoms with E-state index in [9.17, 15) is 5.11 Å². The van der Waals surface area contributed by atoms with Gasteiger partial charge in [-0.15, -0.1) is 0 Å². The molecule has 1 aliphatic rings. The number of aliphatic hydroxyl groups is 1. The first-order valence-electron chi connectivity index (χ1n) is 9.58. The van der Waals surface area contributed by atoms with E-state index in [1.165, 1.54) is 11.1 Å². The van der Waals surface area contributed by atoms with Crippen LogP contribution in [0.25, 0.3) is 0 Å². The van der Waals surface area contributed by atoms with E-state index in [1.54, 1.807) is 7.11 Å². The minimum atomic E-state index is -0.554. The van der Waals surface area contributed by atoms with Crippen molar-refractivity contribution in [1.82, 2.24) is 0 Å². The second-order valence-electron chi connectivity index (χ2n) is 8.06. The largest absolute Gasteiger partial charge is 0.496 e. The smallest absolute Gasteiger partial charge is 0.129 e. The van der Waals surface area contributed by atoms with Crippen LogP contribution < -0.4 is 9.47 Å². The normalized spacial score (nSPS) is 22.4. The van der Waals surface area contributed by atoms with Crippen LogP contribution in [0.3, 0.4) is 0 Å². The van der Waals surface area contributed by atoms with Crippen molar-refractivity contribution in [3.63, 3.8) is 0 Å². The highest BCUT2D eigenvalue weighted by molar-refractivity contribution is 5.50. The van der Waals surface area contributed by atoms with Crippen molar-refractivity contribution in [1.29, 1.82) is 0 Å². The van der Waals surface area contributed by atoms with Gasteiger partial charge in [-0.1, -0.05) is 23.3 Å². The van der Waals surface area contributed by atoms with Crippen molar-refractivity contribution in [2.45, 2.75) is 78.4 Å². The maximum atomic E-state index is 10.7. The lowest BCUT2D eigenvalue weighted by atomic mass is 9.86. The van der Waals surface area contributed by atoms with Gasteiger partial charge in [0.25, 0.3) is 0 Å². The van der Waals surface area contributed by atoms with E-state index in [0.717, 1.165) is 42.6 Å². The first-order chi connectivity index (χ1) is 12.2. The molecular weight excluding hydrogens is 324 g/mol. The molecule has 0 radical (unpaired) electrons. The molecular formula is C23H34O3. The summed E-state index contributed by atoms with van der Waals surface area (Å²) in [5.74, 6) is 1.47. The van der Waals surface area contributed by atoms with Crippen molar-refractivity contribution < 1.29 is 14.6 Å². The molecule has 1 heterocycles. The van der Waals surface area contributed by atoms with Gasteiger partial charge < -0.3 is 14.6 Å². The Morgan fingerprint density at radius 1 is 1.27 bits per heavy atom. The van der Waals surface area contributed by atoms with E-state index in [-0.39, 0.29) is 5.60 Å². The molecule has 1 N–H and O–H groups in total. The molecule has 2 rings (SSSR count). The first-order valence-corrected chi connectivity index (χ1v) is 9.58. The molecule has 0 spiro atoms. The SMILES string of the molecule is COc1cc(C)cc2c1[C@@H](O)C[C@](C)(CC/C=C(\C)CCC=C(C)C)O2. The number of benzene rings is 1. The Hall–Kier alpha value is -1.74. The Labute approximate surface area is 158 Å². The Morgan fingerprint density at radius 3 is 2.65 bits per heavy atom. The van der Waals surface area contributed by atoms with Gasteiger partial charge in [0.05, 0.1) is 18.8 Å². The predicted octanol–water partition coefficient (Wildman–Crippen LogP) is 6.05. The zero-order chi connectivity index (χ0) is 19.3. The number of hydrogen-bond donors (Lipinski definition) is 1. The van der Waals surface area contributed by atoms with Crippen LogP contribution in [0.4, 0.5) is 0 Å². The van der Waals surface area contributed by atoms with E-state index in [0.29, 0.717) is 12.2 Å². The molecule has 0 aromatic heterocycles. The van der Waals surface area contributed by atoms with Gasteiger partial charge in [0.15, 0.2) is 0 Å². The maximum absolute atomic E-state index is 10.7. The van der Waals surface area contributed by atoms with Crippen LogP contribution in [0.2, 0.25) is 0 Å². The summed E-state index contributed by atoms with van der Waals surface area (Å²) in [5.41, 5.74) is 4.29. The average molecular weight is 359 g/mol. The predicted molar refractivity (Wildman–Crippen MR) is 108 cm³/mol. The van der Waals surface area contributed by atoms with E-state index in [1.807, 2.05) is 19.1 Å². The van der Waals surface area contributed by atoms with E-state index < -0.39 is 6.10 Å². The van der Waals surface area contributed by atoms with Crippen LogP contribution in [0.5, 0.6) is 11.5 Å². The number of methoxy groups -OCH3 is 1. The van der Waals surface area contributed by atoms with Crippen molar-refractivity contribution in [2.24, 2.45) is 0 Å². The molecule has 0 saturated carbocycles. The van der Waals surface area contributed by atoms with Crippen LogP contribution in [0, 0.1) is 6.92 Å². The lowest BCUT2D eigenvalue weighted by Gasteiger charge is -2.39. The summed E-state index contributed by atoms with van der Waals surface area (Å²) in [6, 6.07) is 3.95. The summed E-state index contributed by atoms with van der Waals surface area (Å²) in [6.07, 6.45) is 8.68. The Kier molecular flexibility index (Phi) is 6.94. The van der Waals surface area contributed by atoms with Crippen molar-refractivity contribution >= 4 is 0 Å². The molecule has 0 aliphatic carbocycles. The molecule has 1 aliphatic heterocycles. The van der Waals surface area contributed by atoms with Crippen molar-refractivity contribution in [3.05, 3.63) is 46.6 Å². The highest BCUT2D eigenvalue weighted by Crippen LogP contribution is 2.46. The van der Waals surface area contributed by atoms with Crippen molar-refractivity contribution in [2.75, 3.05) is 7.11 Å². The van der Waals surface area contributed by atoms with Crippen LogP contribution in [0.15, 0.2) is 35.4 Å². The van der Waals surface area contributed by atoms with E-state index in [4.69, 9.17) is 9.47 Å². The van der Waals surface area contributed by atoms with Gasteiger partial charge >= 0.3 is 0 Å². The summed E-state index contributed by atoms with van der Waals surface area (Å²) < 4.78 is 11.8. The molecule has 0 fully saturated rings. The number of aryl methyl sites for hydroxylation is 1. The van der Waals surface area contributed by atoms with Gasteiger partial charge in [0.1, 0.15) is 17.1 Å². The molecule has 1 aromatic carbocycles. The fourth-order valence-corrected chi connectivity index (χ4v) is 3.60. The van der Waals surface area contributed by atoms with E-state index in [2.05, 4.69) is 39.8 Å². The molecule has 2 atom stereocenters. The third-order valence-electron chi connectivity index (χ3n) is 5.04. The minimum Gasteiger partial charge on any atom is -0.496 e. The van der Waals surface area contributed by atoms with Gasteiger partial charge in [0.2, 0.25) is 0 Å². The van der Waals surface area contributed by atoms with Gasteiger partial charge in [0, 0.05) is 6.42 Å². The van der Waals surface area contributed by atoms with Gasteiger partial charge in [-0.3, -0.25) is 0 Å². The number of fused-ring (bicyclic) bond motifs is 1. The quantitative estimate of drug-likeness (QED) is 0.603. The number of aliphatic hydroxyl groups excluding tert-OH is 1. The van der Waals surface area contributed by atoms with Crippen LogP contribution in [-0.2, 0) is 0 Å². The number of allylic oxidation sites excluding steroid dienone is 4. The molecule has 144 valence electrons. The van der Waals surface area contributed by atoms with Gasteiger partial charge in [-0.2, -0.15) is 0 Å². The molecule has 0 saturated heterocycles. The number of ether oxygens (including phenoxy) is 2. The lowest BCUT2D eigenvalue weighted by molar-refractivity contribution is -0.00764. The highest BCUT2D eigenvalue weighted by atomic mass is 16.5. The minimum absolute atomic E-state index is 0.359. The molecule has 1 aromatic rings. The van der Waals surface area contributed by atoms with Crippen LogP contribution in [-0.4, -0.2) is 17.8 Å². The average Bonchev–Trinajstić information content (AvgIpc) is 2.52. The lowest BCUT2D eigenvalue weighted by Crippen LogP contribution is -2.38. The van der Waals surface area contributed by atoms with Gasteiger partial charge in [-0.25, -0.2) is 0 Å². The Balaban J connectivity index is 2.03. The zero-order valence-corrected chi connectivity index (χ0v) is 17.2. The fourth-order valence-electron chi connectivity index (χ4n) is 3.60. The molecule has 3 nitrogen and oxygen atoms in total. The van der Waals surface area contributed by atoms with Gasteiger partial charge in [-0.05, 0) is 78.0 Å². The second-order valence-corrected chi connectivity index (χ2v) is 8.06. The summed E-state index contributed by atoms with van der Waals surface area (Å²) in [7, 11) is 1.64. The van der Waals surface area contributed by atoms with Crippen molar-refractivity contribution in [3.8, 4) is 11.5 Å². The fraction of sp³-hybridized carbons (Fsp3) is 0.565. The number of rotatable bonds is 7. The summed E-state index contributed by atoms with van der Waals surface area (Å²) >= 11 is 0. The molecule has 3 heteroatoms. The maximum Gasteiger partial charge on any atom is 0.129 e. The molecule has 0 amide bonds. The molecule has 26 heavy (non-hydrogen) atoms. The molecule has 0 bridgehead atoms. The second kappa shape index (κ2) is 8.77. The topological polar surface area (TPSA) is 38.7 Å². The van der Waals surface area contributed by atoms with Crippen LogP contribution in [0.1, 0.15) is 77.0 Å². The first kappa shape index (κ1) is 20.6. The monoisotopic (exact) mass is 358 g/mol. The third kappa shape index (κ3) is 5.38. The molecule has 0 unspecified atom stereocenters. The van der Waals surface area contributed by atoms with E-state index >= 15 is 0 Å². The zero-order valence-electron chi connectivity index (χ0n) is 17.2. The Morgan fingerprint density at radius 2 is 2.00 bits per heavy atom. The Bertz CT molecular complexity index is 683. The number of hydrogen-bond acceptors (Lipinski definition) is 3. The highest BCUT2D eigenvalue weighted by Gasteiger charge is 2.37. The summed E-state index contributed by atoms with van der Waals surface area (Å²) in [6.45, 7) is 10.6. The summed E-state index contributed by atoms with van der Waals surface area (Å²) in [4.78, 5) is 0. The standard InChI is InChI=1S/C23H34O3/c1-16(2)9-7-10-17(3)11-8-12-23(5)15-19(24)22-20(25-6)13-18(4)14-21(22)26-23/h9,11,13-14,19,24H,7-8,10,12,15H2,1-6H3/b17-11+/t19-,23-/m0/s1. The third-order valence-corrected chi connectivity index (χ3v) is 5.04.